The summed E-state index contributed by atoms with van der Waals surface area (Å²) >= 11 is 1.69. The Morgan fingerprint density at radius 3 is 3.04 bits per heavy atom. The molecule has 1 unspecified atom stereocenters. The Balaban J connectivity index is 1.43. The predicted octanol–water partition coefficient (Wildman–Crippen LogP) is 3.42. The van der Waals surface area contributed by atoms with E-state index in [9.17, 15) is 4.79 Å². The van der Waals surface area contributed by atoms with E-state index in [0.29, 0.717) is 5.56 Å². The number of nitrogens with one attached hydrogen (secondary N) is 1. The summed E-state index contributed by atoms with van der Waals surface area (Å²) in [6.45, 7) is 0. The van der Waals surface area contributed by atoms with Crippen LogP contribution in [0.15, 0.2) is 54.2 Å². The van der Waals surface area contributed by atoms with Crippen molar-refractivity contribution in [2.24, 2.45) is 0 Å². The van der Waals surface area contributed by atoms with Gasteiger partial charge in [0, 0.05) is 41.2 Å². The molecule has 1 atom stereocenters. The molecule has 1 aliphatic rings. The van der Waals surface area contributed by atoms with E-state index in [1.807, 2.05) is 48.0 Å². The van der Waals surface area contributed by atoms with E-state index in [1.54, 1.807) is 17.5 Å². The van der Waals surface area contributed by atoms with Gasteiger partial charge in [0.15, 0.2) is 0 Å². The van der Waals surface area contributed by atoms with Crippen LogP contribution >= 0.6 is 11.3 Å². The van der Waals surface area contributed by atoms with Crippen molar-refractivity contribution in [1.82, 2.24) is 15.3 Å². The molecule has 126 valence electrons. The van der Waals surface area contributed by atoms with Crippen LogP contribution in [-0.4, -0.2) is 21.9 Å². The van der Waals surface area contributed by atoms with Crippen LogP contribution in [0.2, 0.25) is 0 Å². The van der Waals surface area contributed by atoms with Gasteiger partial charge in [-0.3, -0.25) is 9.78 Å². The molecule has 0 spiro atoms. The molecule has 4 rings (SSSR count). The van der Waals surface area contributed by atoms with Gasteiger partial charge in [0.1, 0.15) is 0 Å². The lowest BCUT2D eigenvalue weighted by atomic mass is 9.97. The van der Waals surface area contributed by atoms with Crippen molar-refractivity contribution in [2.75, 3.05) is 0 Å². The maximum Gasteiger partial charge on any atom is 0.251 e. The van der Waals surface area contributed by atoms with Crippen molar-refractivity contribution in [2.45, 2.75) is 31.7 Å². The average molecular weight is 349 g/mol. The van der Waals surface area contributed by atoms with Crippen molar-refractivity contribution in [3.05, 3.63) is 81.6 Å². The second kappa shape index (κ2) is 7.15. The number of amides is 1. The van der Waals surface area contributed by atoms with Crippen LogP contribution in [0.4, 0.5) is 0 Å². The van der Waals surface area contributed by atoms with Crippen molar-refractivity contribution >= 4 is 17.2 Å². The van der Waals surface area contributed by atoms with Crippen LogP contribution in [0.3, 0.4) is 0 Å². The van der Waals surface area contributed by atoms with Gasteiger partial charge < -0.3 is 5.32 Å². The summed E-state index contributed by atoms with van der Waals surface area (Å²) < 4.78 is 0. The smallest absolute Gasteiger partial charge is 0.251 e. The standard InChI is InChI=1S/C20H19N3OS/c24-20(23-17-7-8-18-19(12-17)25-13-22-18)15-5-3-4-14(10-15)11-16-6-1-2-9-21-16/h1-6,9-10,13,17H,7-8,11-12H2,(H,23,24). The summed E-state index contributed by atoms with van der Waals surface area (Å²) in [4.78, 5) is 22.7. The van der Waals surface area contributed by atoms with Gasteiger partial charge in [0.2, 0.25) is 0 Å². The molecular formula is C20H19N3OS. The molecule has 2 aromatic heterocycles. The molecule has 0 saturated carbocycles. The number of pyridine rings is 1. The highest BCUT2D eigenvalue weighted by atomic mass is 32.1. The van der Waals surface area contributed by atoms with Crippen molar-refractivity contribution in [3.8, 4) is 0 Å². The molecule has 5 heteroatoms. The fourth-order valence-corrected chi connectivity index (χ4v) is 4.12. The lowest BCUT2D eigenvalue weighted by molar-refractivity contribution is 0.0933. The Labute approximate surface area is 151 Å². The third kappa shape index (κ3) is 3.77. The van der Waals surface area contributed by atoms with Crippen molar-refractivity contribution in [3.63, 3.8) is 0 Å². The first-order chi connectivity index (χ1) is 12.3. The fraction of sp³-hybridized carbons (Fsp3) is 0.250. The third-order valence-electron chi connectivity index (χ3n) is 4.52. The first-order valence-corrected chi connectivity index (χ1v) is 9.37. The number of nitrogens with zero attached hydrogens (tertiary/aromatic N) is 2. The molecule has 0 aliphatic heterocycles. The summed E-state index contributed by atoms with van der Waals surface area (Å²) in [5, 5.41) is 3.18. The summed E-state index contributed by atoms with van der Waals surface area (Å²) in [5.41, 5.74) is 5.91. The van der Waals surface area contributed by atoms with Crippen LogP contribution in [-0.2, 0) is 19.3 Å². The quantitative estimate of drug-likeness (QED) is 0.785. The average Bonchev–Trinajstić information content (AvgIpc) is 3.10. The minimum absolute atomic E-state index is 0.000774. The normalized spacial score (nSPS) is 16.2. The van der Waals surface area contributed by atoms with Crippen LogP contribution in [0.1, 0.15) is 38.6 Å². The highest BCUT2D eigenvalue weighted by Gasteiger charge is 2.22. The molecule has 3 aromatic rings. The van der Waals surface area contributed by atoms with Crippen LogP contribution < -0.4 is 5.32 Å². The van der Waals surface area contributed by atoms with Gasteiger partial charge in [-0.2, -0.15) is 0 Å². The van der Waals surface area contributed by atoms with E-state index in [2.05, 4.69) is 15.3 Å². The van der Waals surface area contributed by atoms with E-state index >= 15 is 0 Å². The fourth-order valence-electron chi connectivity index (χ4n) is 3.23. The second-order valence-corrected chi connectivity index (χ2v) is 7.27. The Kier molecular flexibility index (Phi) is 4.57. The molecule has 1 amide bonds. The van der Waals surface area contributed by atoms with Gasteiger partial charge in [0.05, 0.1) is 11.2 Å². The first-order valence-electron chi connectivity index (χ1n) is 8.49. The minimum Gasteiger partial charge on any atom is -0.349 e. The summed E-state index contributed by atoms with van der Waals surface area (Å²) in [6, 6.07) is 13.9. The van der Waals surface area contributed by atoms with E-state index in [4.69, 9.17) is 0 Å². The highest BCUT2D eigenvalue weighted by Crippen LogP contribution is 2.24. The molecule has 0 saturated heterocycles. The van der Waals surface area contributed by atoms with E-state index in [-0.39, 0.29) is 11.9 Å². The lowest BCUT2D eigenvalue weighted by Crippen LogP contribution is -2.38. The number of rotatable bonds is 4. The van der Waals surface area contributed by atoms with Gasteiger partial charge in [-0.05, 0) is 42.7 Å². The van der Waals surface area contributed by atoms with E-state index < -0.39 is 0 Å². The molecule has 0 bridgehead atoms. The number of carbonyl (C=O) groups excluding carboxylic acids is 1. The van der Waals surface area contributed by atoms with E-state index in [0.717, 1.165) is 36.9 Å². The van der Waals surface area contributed by atoms with Crippen LogP contribution in [0.5, 0.6) is 0 Å². The number of thiazole rings is 1. The van der Waals surface area contributed by atoms with Crippen LogP contribution in [0, 0.1) is 0 Å². The van der Waals surface area contributed by atoms with Gasteiger partial charge >= 0.3 is 0 Å². The molecule has 1 aromatic carbocycles. The summed E-state index contributed by atoms with van der Waals surface area (Å²) in [6.07, 6.45) is 5.32. The number of carbonyl (C=O) groups is 1. The van der Waals surface area contributed by atoms with Gasteiger partial charge in [-0.1, -0.05) is 18.2 Å². The number of benzene rings is 1. The second-order valence-electron chi connectivity index (χ2n) is 6.33. The zero-order chi connectivity index (χ0) is 17.1. The predicted molar refractivity (Wildman–Crippen MR) is 98.9 cm³/mol. The zero-order valence-corrected chi connectivity index (χ0v) is 14.6. The Morgan fingerprint density at radius 1 is 1.20 bits per heavy atom. The Hall–Kier alpha value is -2.53. The maximum absolute atomic E-state index is 12.6. The number of aryl methyl sites for hydroxylation is 1. The number of hydrogen-bond acceptors (Lipinski definition) is 4. The SMILES string of the molecule is O=C(NC1CCc2ncsc2C1)c1cccc(Cc2ccccn2)c1. The number of hydrogen-bond donors (Lipinski definition) is 1. The topological polar surface area (TPSA) is 54.9 Å². The largest absolute Gasteiger partial charge is 0.349 e. The first kappa shape index (κ1) is 16.0. The molecule has 1 aliphatic carbocycles. The number of fused-ring (bicyclic) bond motifs is 1. The van der Waals surface area contributed by atoms with Crippen molar-refractivity contribution in [1.29, 1.82) is 0 Å². The minimum atomic E-state index is 0.000774. The molecule has 25 heavy (non-hydrogen) atoms. The van der Waals surface area contributed by atoms with Crippen LogP contribution in [0.25, 0.3) is 0 Å². The lowest BCUT2D eigenvalue weighted by Gasteiger charge is -2.22. The maximum atomic E-state index is 12.6. The highest BCUT2D eigenvalue weighted by molar-refractivity contribution is 7.09. The molecule has 0 fully saturated rings. The molecule has 0 radical (unpaired) electrons. The summed E-state index contributed by atoms with van der Waals surface area (Å²) in [7, 11) is 0. The van der Waals surface area contributed by atoms with Gasteiger partial charge in [-0.25, -0.2) is 4.98 Å². The Bertz CT molecular complexity index is 875. The van der Waals surface area contributed by atoms with Gasteiger partial charge in [0.25, 0.3) is 5.91 Å². The summed E-state index contributed by atoms with van der Waals surface area (Å²) in [5.74, 6) is 0.000774. The molecular weight excluding hydrogens is 330 g/mol. The monoisotopic (exact) mass is 349 g/mol. The molecule has 1 N–H and O–H groups in total. The third-order valence-corrected chi connectivity index (χ3v) is 5.42. The Morgan fingerprint density at radius 2 is 2.16 bits per heavy atom. The van der Waals surface area contributed by atoms with E-state index in [1.165, 1.54) is 10.6 Å². The number of aromatic nitrogens is 2. The zero-order valence-electron chi connectivity index (χ0n) is 13.8. The van der Waals surface area contributed by atoms with Gasteiger partial charge in [-0.15, -0.1) is 11.3 Å². The van der Waals surface area contributed by atoms with Crippen molar-refractivity contribution < 1.29 is 4.79 Å². The molecule has 4 nitrogen and oxygen atoms in total. The molecule has 2 heterocycles.